The molecule has 0 spiro atoms. The van der Waals surface area contributed by atoms with Crippen molar-refractivity contribution in [2.75, 3.05) is 25.2 Å². The number of amides is 1. The van der Waals surface area contributed by atoms with Gasteiger partial charge in [-0.1, -0.05) is 19.8 Å². The first-order valence-electron chi connectivity index (χ1n) is 7.29. The Morgan fingerprint density at radius 3 is 2.89 bits per heavy atom. The fourth-order valence-corrected chi connectivity index (χ4v) is 2.91. The average Bonchev–Trinajstić information content (AvgIpc) is 2.42. The van der Waals surface area contributed by atoms with E-state index in [1.807, 2.05) is 6.26 Å². The van der Waals surface area contributed by atoms with Gasteiger partial charge in [-0.15, -0.1) is 0 Å². The van der Waals surface area contributed by atoms with E-state index in [4.69, 9.17) is 10.5 Å². The van der Waals surface area contributed by atoms with Crippen molar-refractivity contribution < 1.29 is 9.53 Å². The van der Waals surface area contributed by atoms with Gasteiger partial charge in [-0.25, -0.2) is 0 Å². The lowest BCUT2D eigenvalue weighted by Gasteiger charge is -2.28. The Morgan fingerprint density at radius 2 is 2.21 bits per heavy atom. The van der Waals surface area contributed by atoms with Crippen LogP contribution < -0.4 is 11.1 Å². The number of carbonyl (C=O) groups is 1. The van der Waals surface area contributed by atoms with Gasteiger partial charge in [0.15, 0.2) is 0 Å². The standard InChI is InChI=1S/C14H28N2O2S/c1-11-5-3-4-6-13(11)18-9-8-16-14(17)12(15)7-10-19-2/h11-13H,3-10,15H2,1-2H3,(H,16,17). The summed E-state index contributed by atoms with van der Waals surface area (Å²) in [6.45, 7) is 3.41. The number of nitrogens with one attached hydrogen (secondary N) is 1. The number of carbonyl (C=O) groups excluding carboxylic acids is 1. The SMILES string of the molecule is CSCCC(N)C(=O)NCCOC1CCCCC1C. The predicted molar refractivity (Wildman–Crippen MR) is 81.4 cm³/mol. The molecular weight excluding hydrogens is 260 g/mol. The minimum atomic E-state index is -0.388. The van der Waals surface area contributed by atoms with Crippen LogP contribution in [0.15, 0.2) is 0 Å². The molecule has 1 saturated carbocycles. The smallest absolute Gasteiger partial charge is 0.237 e. The molecule has 1 rings (SSSR count). The molecule has 0 aromatic rings. The largest absolute Gasteiger partial charge is 0.376 e. The molecule has 1 aliphatic carbocycles. The fraction of sp³-hybridized carbons (Fsp3) is 0.929. The van der Waals surface area contributed by atoms with E-state index in [0.717, 1.165) is 18.6 Å². The molecule has 0 bridgehead atoms. The van der Waals surface area contributed by atoms with Gasteiger partial charge in [-0.2, -0.15) is 11.8 Å². The van der Waals surface area contributed by atoms with Crippen LogP contribution in [-0.4, -0.2) is 43.2 Å². The molecule has 5 heteroatoms. The highest BCUT2D eigenvalue weighted by atomic mass is 32.2. The van der Waals surface area contributed by atoms with Crippen LogP contribution in [0.1, 0.15) is 39.0 Å². The summed E-state index contributed by atoms with van der Waals surface area (Å²) in [7, 11) is 0. The van der Waals surface area contributed by atoms with E-state index in [2.05, 4.69) is 12.2 Å². The summed E-state index contributed by atoms with van der Waals surface area (Å²) in [5, 5.41) is 2.85. The number of hydrogen-bond donors (Lipinski definition) is 2. The molecule has 3 N–H and O–H groups in total. The van der Waals surface area contributed by atoms with Crippen molar-refractivity contribution >= 4 is 17.7 Å². The second-order valence-corrected chi connectivity index (χ2v) is 6.34. The molecule has 3 atom stereocenters. The first-order chi connectivity index (χ1) is 9.15. The molecular formula is C14H28N2O2S. The summed E-state index contributed by atoms with van der Waals surface area (Å²) in [6, 6.07) is -0.388. The van der Waals surface area contributed by atoms with Crippen LogP contribution in [0.25, 0.3) is 0 Å². The Hall–Kier alpha value is -0.260. The summed E-state index contributed by atoms with van der Waals surface area (Å²) < 4.78 is 5.85. The van der Waals surface area contributed by atoms with E-state index in [9.17, 15) is 4.79 Å². The van der Waals surface area contributed by atoms with E-state index >= 15 is 0 Å². The number of rotatable bonds is 8. The van der Waals surface area contributed by atoms with Crippen LogP contribution in [0.2, 0.25) is 0 Å². The van der Waals surface area contributed by atoms with Crippen LogP contribution in [0, 0.1) is 5.92 Å². The van der Waals surface area contributed by atoms with Gasteiger partial charge in [0.05, 0.1) is 18.8 Å². The summed E-state index contributed by atoms with van der Waals surface area (Å²) in [5.41, 5.74) is 5.78. The molecule has 0 aromatic carbocycles. The van der Waals surface area contributed by atoms with Gasteiger partial charge in [0.2, 0.25) is 5.91 Å². The third kappa shape index (κ3) is 6.63. The number of nitrogens with two attached hydrogens (primary N) is 1. The van der Waals surface area contributed by atoms with Crippen molar-refractivity contribution in [2.45, 2.75) is 51.2 Å². The zero-order valence-corrected chi connectivity index (χ0v) is 13.0. The van der Waals surface area contributed by atoms with Gasteiger partial charge >= 0.3 is 0 Å². The second-order valence-electron chi connectivity index (χ2n) is 5.35. The van der Waals surface area contributed by atoms with Crippen molar-refractivity contribution in [3.05, 3.63) is 0 Å². The third-order valence-corrected chi connectivity index (χ3v) is 4.38. The molecule has 0 aliphatic heterocycles. The zero-order valence-electron chi connectivity index (χ0n) is 12.2. The molecule has 1 aliphatic rings. The molecule has 3 unspecified atom stereocenters. The lowest BCUT2D eigenvalue weighted by molar-refractivity contribution is -0.122. The number of thioether (sulfide) groups is 1. The molecule has 112 valence electrons. The van der Waals surface area contributed by atoms with Gasteiger partial charge in [-0.3, -0.25) is 4.79 Å². The Kier molecular flexibility index (Phi) is 8.50. The van der Waals surface area contributed by atoms with E-state index in [0.29, 0.717) is 25.2 Å². The van der Waals surface area contributed by atoms with Crippen molar-refractivity contribution in [1.29, 1.82) is 0 Å². The summed E-state index contributed by atoms with van der Waals surface area (Å²) >= 11 is 1.71. The van der Waals surface area contributed by atoms with E-state index < -0.39 is 0 Å². The summed E-state index contributed by atoms with van der Waals surface area (Å²) in [4.78, 5) is 11.7. The monoisotopic (exact) mass is 288 g/mol. The maximum absolute atomic E-state index is 11.7. The quantitative estimate of drug-likeness (QED) is 0.668. The zero-order chi connectivity index (χ0) is 14.1. The second kappa shape index (κ2) is 9.61. The molecule has 19 heavy (non-hydrogen) atoms. The maximum atomic E-state index is 11.7. The van der Waals surface area contributed by atoms with E-state index in [1.165, 1.54) is 19.3 Å². The summed E-state index contributed by atoms with van der Waals surface area (Å²) in [6.07, 6.45) is 8.12. The molecule has 4 nitrogen and oxygen atoms in total. The van der Waals surface area contributed by atoms with Crippen LogP contribution in [-0.2, 0) is 9.53 Å². The van der Waals surface area contributed by atoms with Crippen molar-refractivity contribution in [1.82, 2.24) is 5.32 Å². The highest BCUT2D eigenvalue weighted by Gasteiger charge is 2.21. The maximum Gasteiger partial charge on any atom is 0.237 e. The Labute approximate surface area is 121 Å². The minimum absolute atomic E-state index is 0.0608. The van der Waals surface area contributed by atoms with Crippen molar-refractivity contribution in [3.8, 4) is 0 Å². The average molecular weight is 288 g/mol. The molecule has 0 radical (unpaired) electrons. The molecule has 1 fully saturated rings. The fourth-order valence-electron chi connectivity index (χ4n) is 2.42. The Bertz CT molecular complexity index is 264. The molecule has 1 amide bonds. The van der Waals surface area contributed by atoms with Gasteiger partial charge in [-0.05, 0) is 37.2 Å². The van der Waals surface area contributed by atoms with Gasteiger partial charge in [0.25, 0.3) is 0 Å². The third-order valence-electron chi connectivity index (χ3n) is 3.74. The van der Waals surface area contributed by atoms with Crippen LogP contribution in [0.4, 0.5) is 0 Å². The van der Waals surface area contributed by atoms with E-state index in [-0.39, 0.29) is 11.9 Å². The lowest BCUT2D eigenvalue weighted by atomic mass is 9.88. The van der Waals surface area contributed by atoms with Crippen molar-refractivity contribution in [3.63, 3.8) is 0 Å². The molecule has 0 aromatic heterocycles. The topological polar surface area (TPSA) is 64.4 Å². The first-order valence-corrected chi connectivity index (χ1v) is 8.68. The van der Waals surface area contributed by atoms with E-state index in [1.54, 1.807) is 11.8 Å². The van der Waals surface area contributed by atoms with Crippen molar-refractivity contribution in [2.24, 2.45) is 11.7 Å². The summed E-state index contributed by atoms with van der Waals surface area (Å²) in [5.74, 6) is 1.51. The van der Waals surface area contributed by atoms with Gasteiger partial charge in [0.1, 0.15) is 0 Å². The highest BCUT2D eigenvalue weighted by molar-refractivity contribution is 7.98. The van der Waals surface area contributed by atoms with Crippen LogP contribution in [0.5, 0.6) is 0 Å². The van der Waals surface area contributed by atoms with Gasteiger partial charge < -0.3 is 15.8 Å². The van der Waals surface area contributed by atoms with Crippen LogP contribution >= 0.6 is 11.8 Å². The highest BCUT2D eigenvalue weighted by Crippen LogP contribution is 2.25. The van der Waals surface area contributed by atoms with Crippen LogP contribution in [0.3, 0.4) is 0 Å². The Balaban J connectivity index is 2.07. The number of ether oxygens (including phenoxy) is 1. The lowest BCUT2D eigenvalue weighted by Crippen LogP contribution is -2.42. The predicted octanol–water partition coefficient (Wildman–Crippen LogP) is 1.78. The Morgan fingerprint density at radius 1 is 1.47 bits per heavy atom. The first kappa shape index (κ1) is 16.8. The number of hydrogen-bond acceptors (Lipinski definition) is 4. The normalized spacial score (nSPS) is 25.0. The molecule has 0 heterocycles. The van der Waals surface area contributed by atoms with Gasteiger partial charge in [0, 0.05) is 6.54 Å². The molecule has 0 saturated heterocycles. The minimum Gasteiger partial charge on any atom is -0.376 e.